The van der Waals surface area contributed by atoms with Crippen molar-refractivity contribution in [3.05, 3.63) is 39.3 Å². The van der Waals surface area contributed by atoms with E-state index in [1.165, 1.54) is 11.3 Å². The number of nitrogens with zero attached hydrogens (tertiary/aromatic N) is 5. The van der Waals surface area contributed by atoms with Crippen LogP contribution in [0.5, 0.6) is 0 Å². The van der Waals surface area contributed by atoms with Crippen molar-refractivity contribution in [3.63, 3.8) is 0 Å². The Bertz CT molecular complexity index is 869. The summed E-state index contributed by atoms with van der Waals surface area (Å²) in [5.74, 6) is 0. The van der Waals surface area contributed by atoms with Crippen LogP contribution in [0.2, 0.25) is 0 Å². The lowest BCUT2D eigenvalue weighted by Crippen LogP contribution is -2.33. The predicted molar refractivity (Wildman–Crippen MR) is 112 cm³/mol. The van der Waals surface area contributed by atoms with Crippen LogP contribution in [0.25, 0.3) is 0 Å². The van der Waals surface area contributed by atoms with Crippen molar-refractivity contribution in [2.24, 2.45) is 0 Å². The van der Waals surface area contributed by atoms with E-state index in [0.29, 0.717) is 34.5 Å². The van der Waals surface area contributed by atoms with Gasteiger partial charge in [0.15, 0.2) is 3.95 Å². The average molecular weight is 421 g/mol. The minimum Gasteiger partial charge on any atom is -0.450 e. The highest BCUT2D eigenvalue weighted by molar-refractivity contribution is 7.73. The van der Waals surface area contributed by atoms with Gasteiger partial charge in [-0.2, -0.15) is 5.26 Å². The second-order valence-corrected chi connectivity index (χ2v) is 7.95. The van der Waals surface area contributed by atoms with Gasteiger partial charge in [-0.1, -0.05) is 23.5 Å². The molecule has 0 aliphatic heterocycles. The Labute approximate surface area is 173 Å². The number of carbonyl (C=O) groups is 1. The van der Waals surface area contributed by atoms with E-state index in [1.807, 2.05) is 38.4 Å². The van der Waals surface area contributed by atoms with Gasteiger partial charge >= 0.3 is 6.09 Å². The minimum atomic E-state index is -0.541. The zero-order valence-corrected chi connectivity index (χ0v) is 17.8. The van der Waals surface area contributed by atoms with E-state index >= 15 is 0 Å². The summed E-state index contributed by atoms with van der Waals surface area (Å²) in [7, 11) is 4.05. The first-order valence-corrected chi connectivity index (χ1v) is 10.0. The highest BCUT2D eigenvalue weighted by Crippen LogP contribution is 2.16. The maximum atomic E-state index is 11.6. The van der Waals surface area contributed by atoms with Gasteiger partial charge in [-0.25, -0.2) is 9.48 Å². The molecule has 0 unspecified atom stereocenters. The highest BCUT2D eigenvalue weighted by Gasteiger charge is 2.13. The Morgan fingerprint density at radius 3 is 2.68 bits per heavy atom. The predicted octanol–water partition coefficient (Wildman–Crippen LogP) is 3.14. The Kier molecular flexibility index (Phi) is 8.53. The number of nitrogens with one attached hydrogen (secondary N) is 1. The number of rotatable bonds is 9. The van der Waals surface area contributed by atoms with Crippen molar-refractivity contribution in [1.29, 1.82) is 5.26 Å². The molecule has 0 spiro atoms. The monoisotopic (exact) mass is 420 g/mol. The molecule has 1 aromatic heterocycles. The van der Waals surface area contributed by atoms with Crippen molar-refractivity contribution >= 4 is 34.8 Å². The Hall–Kier alpha value is -2.32. The maximum absolute atomic E-state index is 11.6. The molecule has 0 fully saturated rings. The fourth-order valence-electron chi connectivity index (χ4n) is 2.37. The summed E-state index contributed by atoms with van der Waals surface area (Å²) in [6.45, 7) is 4.91. The van der Waals surface area contributed by atoms with Crippen molar-refractivity contribution in [3.8, 4) is 6.07 Å². The molecular weight excluding hydrogens is 396 g/mol. The average Bonchev–Trinajstić information content (AvgIpc) is 2.99. The number of carbonyl (C=O) groups excluding carboxylic acids is 1. The maximum Gasteiger partial charge on any atom is 0.413 e. The van der Waals surface area contributed by atoms with Gasteiger partial charge in [-0.05, 0) is 50.9 Å². The van der Waals surface area contributed by atoms with E-state index < -0.39 is 6.09 Å². The molecule has 8 nitrogen and oxygen atoms in total. The summed E-state index contributed by atoms with van der Waals surface area (Å²) in [4.78, 5) is 15.9. The molecule has 0 atom stereocenters. The molecule has 0 aliphatic carbocycles. The van der Waals surface area contributed by atoms with Gasteiger partial charge in [-0.15, -0.1) is 5.10 Å². The number of amides is 1. The van der Waals surface area contributed by atoms with Gasteiger partial charge in [-0.3, -0.25) is 10.2 Å². The SMILES string of the molecule is CCOC(=O)Nc1nn(CN(CCN(C)C)Cc2ccc(C#N)cc2)c(=S)s1. The lowest BCUT2D eigenvalue weighted by atomic mass is 10.1. The third-order valence-corrected chi connectivity index (χ3v) is 5.00. The molecule has 1 N–H and O–H groups in total. The van der Waals surface area contributed by atoms with Crippen LogP contribution in [0.15, 0.2) is 24.3 Å². The number of hydrogen-bond donors (Lipinski definition) is 1. The summed E-state index contributed by atoms with van der Waals surface area (Å²) >= 11 is 6.62. The van der Waals surface area contributed by atoms with E-state index in [9.17, 15) is 4.79 Å². The third kappa shape index (κ3) is 7.01. The van der Waals surface area contributed by atoms with Gasteiger partial charge in [0, 0.05) is 19.6 Å². The van der Waals surface area contributed by atoms with Crippen molar-refractivity contribution in [1.82, 2.24) is 19.6 Å². The minimum absolute atomic E-state index is 0.293. The first-order chi connectivity index (χ1) is 13.4. The van der Waals surface area contributed by atoms with Crippen LogP contribution in [-0.4, -0.2) is 59.5 Å². The fourth-order valence-corrected chi connectivity index (χ4v) is 3.35. The number of nitriles is 1. The lowest BCUT2D eigenvalue weighted by Gasteiger charge is -2.24. The van der Waals surface area contributed by atoms with Gasteiger partial charge in [0.05, 0.1) is 24.9 Å². The quantitative estimate of drug-likeness (QED) is 0.624. The molecule has 150 valence electrons. The molecular formula is C18H24N6O2S2. The second-order valence-electron chi connectivity index (χ2n) is 6.32. The number of hydrogen-bond acceptors (Lipinski definition) is 8. The molecule has 0 saturated heterocycles. The largest absolute Gasteiger partial charge is 0.450 e. The molecule has 0 saturated carbocycles. The van der Waals surface area contributed by atoms with Crippen molar-refractivity contribution < 1.29 is 9.53 Å². The molecule has 1 heterocycles. The normalized spacial score (nSPS) is 10.9. The second kappa shape index (κ2) is 10.9. The van der Waals surface area contributed by atoms with Gasteiger partial charge < -0.3 is 9.64 Å². The topological polar surface area (TPSA) is 86.4 Å². The van der Waals surface area contributed by atoms with E-state index in [0.717, 1.165) is 18.7 Å². The van der Waals surface area contributed by atoms with Crippen molar-refractivity contribution in [2.75, 3.05) is 39.1 Å². The molecule has 1 aromatic carbocycles. The number of ether oxygens (including phenoxy) is 1. The molecule has 2 aromatic rings. The van der Waals surface area contributed by atoms with E-state index in [-0.39, 0.29) is 0 Å². The number of anilines is 1. The van der Waals surface area contributed by atoms with Crippen LogP contribution in [0.3, 0.4) is 0 Å². The smallest absolute Gasteiger partial charge is 0.413 e. The molecule has 0 radical (unpaired) electrons. The summed E-state index contributed by atoms with van der Waals surface area (Å²) in [5, 5.41) is 16.3. The zero-order chi connectivity index (χ0) is 20.5. The molecule has 1 amide bonds. The van der Waals surface area contributed by atoms with E-state index in [1.54, 1.807) is 11.6 Å². The van der Waals surface area contributed by atoms with E-state index in [2.05, 4.69) is 26.3 Å². The first-order valence-electron chi connectivity index (χ1n) is 8.79. The van der Waals surface area contributed by atoms with Crippen LogP contribution >= 0.6 is 23.6 Å². The molecule has 10 heteroatoms. The van der Waals surface area contributed by atoms with Crippen LogP contribution < -0.4 is 5.32 Å². The van der Waals surface area contributed by atoms with Crippen molar-refractivity contribution in [2.45, 2.75) is 20.1 Å². The van der Waals surface area contributed by atoms with Crippen LogP contribution in [0.4, 0.5) is 9.93 Å². The van der Waals surface area contributed by atoms with Crippen LogP contribution in [0.1, 0.15) is 18.1 Å². The summed E-state index contributed by atoms with van der Waals surface area (Å²) in [6, 6.07) is 9.67. The standard InChI is InChI=1S/C18H24N6O2S2/c1-4-26-17(25)20-16-21-24(18(27)28-16)13-23(10-9-22(2)3)12-15-7-5-14(11-19)6-8-15/h5-8H,4,9-10,12-13H2,1-3H3,(H,20,21,25). The molecule has 28 heavy (non-hydrogen) atoms. The summed E-state index contributed by atoms with van der Waals surface area (Å²) in [6.07, 6.45) is -0.541. The zero-order valence-electron chi connectivity index (χ0n) is 16.2. The van der Waals surface area contributed by atoms with Gasteiger partial charge in [0.25, 0.3) is 0 Å². The number of benzene rings is 1. The van der Waals surface area contributed by atoms with Crippen LogP contribution in [-0.2, 0) is 18.0 Å². The van der Waals surface area contributed by atoms with Gasteiger partial charge in [0.2, 0.25) is 5.13 Å². The molecule has 0 aliphatic rings. The van der Waals surface area contributed by atoms with E-state index in [4.69, 9.17) is 22.2 Å². The Balaban J connectivity index is 2.10. The summed E-state index contributed by atoms with van der Waals surface area (Å²) < 4.78 is 7.14. The number of aromatic nitrogens is 2. The number of likely N-dealkylation sites (N-methyl/N-ethyl adjacent to an activating group) is 1. The lowest BCUT2D eigenvalue weighted by molar-refractivity contribution is 0.167. The highest BCUT2D eigenvalue weighted by atomic mass is 32.1. The molecule has 0 bridgehead atoms. The van der Waals surface area contributed by atoms with Crippen LogP contribution in [0, 0.1) is 15.3 Å². The Morgan fingerprint density at radius 2 is 2.07 bits per heavy atom. The fraction of sp³-hybridized carbons (Fsp3) is 0.444. The van der Waals surface area contributed by atoms with Gasteiger partial charge in [0.1, 0.15) is 0 Å². The Morgan fingerprint density at radius 1 is 1.36 bits per heavy atom. The molecule has 2 rings (SSSR count). The third-order valence-electron chi connectivity index (χ3n) is 3.78. The first kappa shape index (κ1) is 22.0. The summed E-state index contributed by atoms with van der Waals surface area (Å²) in [5.41, 5.74) is 1.74.